The number of ether oxygens (including phenoxy) is 1. The molecule has 3 aromatic rings. The van der Waals surface area contributed by atoms with Gasteiger partial charge in [0.1, 0.15) is 5.75 Å². The monoisotopic (exact) mass is 491 g/mol. The van der Waals surface area contributed by atoms with Crippen LogP contribution in [0.25, 0.3) is 5.65 Å². The molecule has 0 atom stereocenters. The maximum Gasteiger partial charge on any atom is 0.231 e. The highest BCUT2D eigenvalue weighted by molar-refractivity contribution is 9.10. The van der Waals surface area contributed by atoms with Crippen molar-refractivity contribution in [3.05, 3.63) is 40.5 Å². The van der Waals surface area contributed by atoms with E-state index in [1.165, 1.54) is 17.3 Å². The van der Waals surface area contributed by atoms with Crippen molar-refractivity contribution in [3.63, 3.8) is 0 Å². The van der Waals surface area contributed by atoms with Gasteiger partial charge in [-0.3, -0.25) is 0 Å². The van der Waals surface area contributed by atoms with E-state index in [-0.39, 0.29) is 6.10 Å². The maximum absolute atomic E-state index is 9.91. The zero-order valence-electron chi connectivity index (χ0n) is 17.2. The van der Waals surface area contributed by atoms with Gasteiger partial charge in [-0.15, -0.1) is 0 Å². The second-order valence-electron chi connectivity index (χ2n) is 7.64. The van der Waals surface area contributed by atoms with Crippen molar-refractivity contribution < 1.29 is 9.84 Å². The lowest BCUT2D eigenvalue weighted by Crippen LogP contribution is -2.34. The molecule has 0 bridgehead atoms. The first kappa shape index (κ1) is 21.4. The summed E-state index contributed by atoms with van der Waals surface area (Å²) in [6.45, 7) is 1.57. The first-order chi connectivity index (χ1) is 14.6. The van der Waals surface area contributed by atoms with E-state index in [4.69, 9.17) is 9.72 Å². The molecule has 0 radical (unpaired) electrons. The fourth-order valence-corrected chi connectivity index (χ4v) is 4.62. The normalized spacial score (nSPS) is 19.2. The number of anilines is 1. The largest absolute Gasteiger partial charge is 0.497 e. The summed E-state index contributed by atoms with van der Waals surface area (Å²) in [7, 11) is 1.68. The summed E-state index contributed by atoms with van der Waals surface area (Å²) in [5, 5.41) is 15.1. The average molecular weight is 492 g/mol. The fraction of sp³-hybridized carbons (Fsp3) is 0.476. The smallest absolute Gasteiger partial charge is 0.231 e. The first-order valence-electron chi connectivity index (χ1n) is 10.1. The van der Waals surface area contributed by atoms with E-state index in [2.05, 4.69) is 43.0 Å². The molecule has 9 heteroatoms. The Bertz CT molecular complexity index is 989. The van der Waals surface area contributed by atoms with Gasteiger partial charge in [-0.05, 0) is 71.5 Å². The molecule has 1 N–H and O–H groups in total. The fourth-order valence-electron chi connectivity index (χ4n) is 3.92. The zero-order chi connectivity index (χ0) is 21.1. The van der Waals surface area contributed by atoms with E-state index >= 15 is 0 Å². The Labute approximate surface area is 189 Å². The highest BCUT2D eigenvalue weighted by atomic mass is 79.9. The van der Waals surface area contributed by atoms with Crippen molar-refractivity contribution in [2.75, 3.05) is 24.8 Å². The van der Waals surface area contributed by atoms with Crippen LogP contribution in [-0.2, 0) is 6.54 Å². The van der Waals surface area contributed by atoms with Gasteiger partial charge in [-0.1, -0.05) is 23.9 Å². The molecule has 0 spiro atoms. The number of benzene rings is 1. The Morgan fingerprint density at radius 1 is 1.20 bits per heavy atom. The molecule has 0 saturated heterocycles. The summed E-state index contributed by atoms with van der Waals surface area (Å²) in [6.07, 6.45) is 7.36. The highest BCUT2D eigenvalue weighted by Crippen LogP contribution is 2.29. The number of thioether (sulfide) groups is 1. The van der Waals surface area contributed by atoms with Crippen LogP contribution in [0.1, 0.15) is 31.2 Å². The standard InChI is InChI=1S/C21H26BrN5O2S/c1-29-17-9-5-15(6-10-17)13-26(12-14-3-7-16(28)8-4-14)21-25-20(30-2)24-19-18(22)11-23-27(19)21/h5-6,9-11,14,16,28H,3-4,7-8,12-13H2,1-2H3. The molecule has 1 fully saturated rings. The van der Waals surface area contributed by atoms with Crippen LogP contribution in [0.2, 0.25) is 0 Å². The molecule has 2 heterocycles. The number of fused-ring (bicyclic) bond motifs is 1. The van der Waals surface area contributed by atoms with E-state index in [0.717, 1.165) is 59.2 Å². The van der Waals surface area contributed by atoms with Crippen LogP contribution < -0.4 is 9.64 Å². The van der Waals surface area contributed by atoms with Gasteiger partial charge < -0.3 is 14.7 Å². The van der Waals surface area contributed by atoms with Crippen molar-refractivity contribution in [2.24, 2.45) is 5.92 Å². The quantitative estimate of drug-likeness (QED) is 0.496. The molecular formula is C21H26BrN5O2S. The summed E-state index contributed by atoms with van der Waals surface area (Å²) in [5.74, 6) is 2.14. The predicted octanol–water partition coefficient (Wildman–Crippen LogP) is 4.18. The van der Waals surface area contributed by atoms with E-state index in [0.29, 0.717) is 12.5 Å². The minimum atomic E-state index is -0.160. The molecule has 1 aliphatic rings. The van der Waals surface area contributed by atoms with Crippen LogP contribution in [0.5, 0.6) is 5.75 Å². The van der Waals surface area contributed by atoms with E-state index in [9.17, 15) is 5.11 Å². The summed E-state index contributed by atoms with van der Waals surface area (Å²) in [5.41, 5.74) is 1.94. The summed E-state index contributed by atoms with van der Waals surface area (Å²) in [6, 6.07) is 8.14. The van der Waals surface area contributed by atoms with Crippen LogP contribution >= 0.6 is 27.7 Å². The molecular weight excluding hydrogens is 466 g/mol. The number of methoxy groups -OCH3 is 1. The van der Waals surface area contributed by atoms with Gasteiger partial charge in [0.25, 0.3) is 0 Å². The average Bonchev–Trinajstić information content (AvgIpc) is 3.15. The Morgan fingerprint density at radius 2 is 1.93 bits per heavy atom. The van der Waals surface area contributed by atoms with E-state index in [1.807, 2.05) is 22.9 Å². The topological polar surface area (TPSA) is 75.8 Å². The highest BCUT2D eigenvalue weighted by Gasteiger charge is 2.25. The van der Waals surface area contributed by atoms with Gasteiger partial charge in [0.2, 0.25) is 5.95 Å². The maximum atomic E-state index is 9.91. The molecule has 4 rings (SSSR count). The molecule has 30 heavy (non-hydrogen) atoms. The number of hydrogen-bond donors (Lipinski definition) is 1. The van der Waals surface area contributed by atoms with Crippen LogP contribution in [-0.4, -0.2) is 50.7 Å². The lowest BCUT2D eigenvalue weighted by Gasteiger charge is -2.32. The Hall–Kier alpha value is -1.84. The number of aliphatic hydroxyl groups excluding tert-OH is 1. The van der Waals surface area contributed by atoms with Crippen molar-refractivity contribution in [1.29, 1.82) is 0 Å². The van der Waals surface area contributed by atoms with E-state index in [1.54, 1.807) is 13.3 Å². The summed E-state index contributed by atoms with van der Waals surface area (Å²) >= 11 is 5.08. The Morgan fingerprint density at radius 3 is 2.60 bits per heavy atom. The zero-order valence-corrected chi connectivity index (χ0v) is 19.6. The van der Waals surface area contributed by atoms with Gasteiger partial charge in [-0.25, -0.2) is 4.98 Å². The second kappa shape index (κ2) is 9.53. The van der Waals surface area contributed by atoms with Crippen molar-refractivity contribution in [1.82, 2.24) is 19.6 Å². The van der Waals surface area contributed by atoms with Gasteiger partial charge >= 0.3 is 0 Å². The lowest BCUT2D eigenvalue weighted by atomic mass is 9.87. The SMILES string of the molecule is COc1ccc(CN(CC2CCC(O)CC2)c2nc(SC)nc3c(Br)cnn23)cc1. The van der Waals surface area contributed by atoms with Crippen LogP contribution in [0.15, 0.2) is 40.1 Å². The van der Waals surface area contributed by atoms with Gasteiger partial charge in [0.15, 0.2) is 10.8 Å². The third-order valence-corrected chi connectivity index (χ3v) is 6.69. The number of hydrogen-bond acceptors (Lipinski definition) is 7. The molecule has 1 saturated carbocycles. The third kappa shape index (κ3) is 4.73. The molecule has 2 aromatic heterocycles. The Balaban J connectivity index is 1.69. The minimum Gasteiger partial charge on any atom is -0.497 e. The molecule has 1 aliphatic carbocycles. The number of nitrogens with zero attached hydrogens (tertiary/aromatic N) is 5. The second-order valence-corrected chi connectivity index (χ2v) is 9.27. The minimum absolute atomic E-state index is 0.160. The molecule has 0 aliphatic heterocycles. The van der Waals surface area contributed by atoms with Gasteiger partial charge in [0.05, 0.1) is 23.9 Å². The third-order valence-electron chi connectivity index (χ3n) is 5.58. The predicted molar refractivity (Wildman–Crippen MR) is 122 cm³/mol. The molecule has 0 amide bonds. The lowest BCUT2D eigenvalue weighted by molar-refractivity contribution is 0.110. The molecule has 7 nitrogen and oxygen atoms in total. The number of rotatable bonds is 7. The Kier molecular flexibility index (Phi) is 6.80. The summed E-state index contributed by atoms with van der Waals surface area (Å²) in [4.78, 5) is 11.7. The molecule has 160 valence electrons. The van der Waals surface area contributed by atoms with Crippen molar-refractivity contribution >= 4 is 39.3 Å². The number of halogens is 1. The van der Waals surface area contributed by atoms with Gasteiger partial charge in [0, 0.05) is 13.1 Å². The van der Waals surface area contributed by atoms with E-state index < -0.39 is 0 Å². The number of aromatic nitrogens is 4. The van der Waals surface area contributed by atoms with Crippen LogP contribution in [0.3, 0.4) is 0 Å². The van der Waals surface area contributed by atoms with Crippen molar-refractivity contribution in [3.8, 4) is 5.75 Å². The van der Waals surface area contributed by atoms with Crippen LogP contribution in [0, 0.1) is 5.92 Å². The van der Waals surface area contributed by atoms with Crippen LogP contribution in [0.4, 0.5) is 5.95 Å². The summed E-state index contributed by atoms with van der Waals surface area (Å²) < 4.78 is 7.96. The first-order valence-corrected chi connectivity index (χ1v) is 12.1. The van der Waals surface area contributed by atoms with Gasteiger partial charge in [-0.2, -0.15) is 14.6 Å². The number of aliphatic hydroxyl groups is 1. The molecule has 1 aromatic carbocycles. The molecule has 0 unspecified atom stereocenters. The van der Waals surface area contributed by atoms with Crippen molar-refractivity contribution in [2.45, 2.75) is 43.5 Å².